The summed E-state index contributed by atoms with van der Waals surface area (Å²) in [6, 6.07) is 21.6. The van der Waals surface area contributed by atoms with Crippen molar-refractivity contribution >= 4 is 19.9 Å². The largest absolute Gasteiger partial charge is 2.00 e. The Morgan fingerprint density at radius 3 is 1.50 bits per heavy atom. The van der Waals surface area contributed by atoms with Crippen LogP contribution in [0.15, 0.2) is 77.4 Å². The summed E-state index contributed by atoms with van der Waals surface area (Å²) in [6.45, 7) is 8.67. The molecule has 0 heterocycles. The van der Waals surface area contributed by atoms with Crippen LogP contribution in [-0.2, 0) is 21.7 Å². The van der Waals surface area contributed by atoms with Crippen LogP contribution in [0, 0.1) is 12.0 Å². The molecule has 145 valence electrons. The molecule has 2 aliphatic rings. The van der Waals surface area contributed by atoms with E-state index < -0.39 is 0 Å². The van der Waals surface area contributed by atoms with E-state index in [1.54, 1.807) is 0 Å². The number of benzene rings is 2. The van der Waals surface area contributed by atoms with Crippen LogP contribution in [0.3, 0.4) is 0 Å². The van der Waals surface area contributed by atoms with Gasteiger partial charge in [0.15, 0.2) is 0 Å². The zero-order chi connectivity index (χ0) is 19.6. The molecule has 1 N–H and O–H groups in total. The Kier molecular flexibility index (Phi) is 11.6. The maximum Gasteiger partial charge on any atom is 2.00 e. The quantitative estimate of drug-likeness (QED) is 0.458. The van der Waals surface area contributed by atoms with E-state index in [0.717, 1.165) is 12.8 Å². The van der Waals surface area contributed by atoms with Crippen LogP contribution < -0.4 is 10.4 Å². The van der Waals surface area contributed by atoms with Crippen LogP contribution in [0.2, 0.25) is 0 Å². The molecule has 0 aliphatic heterocycles. The van der Waals surface area contributed by atoms with Crippen molar-refractivity contribution in [3.8, 4) is 0 Å². The molecule has 0 amide bonds. The van der Waals surface area contributed by atoms with Gasteiger partial charge < -0.3 is 5.73 Å². The Bertz CT molecular complexity index is 711. The van der Waals surface area contributed by atoms with Crippen molar-refractivity contribution in [1.82, 2.24) is 0 Å². The van der Waals surface area contributed by atoms with Gasteiger partial charge in [-0.15, -0.1) is 13.0 Å². The van der Waals surface area contributed by atoms with Crippen molar-refractivity contribution in [1.29, 1.82) is 0 Å². The summed E-state index contributed by atoms with van der Waals surface area (Å²) in [4.78, 5) is 0. The van der Waals surface area contributed by atoms with Crippen molar-refractivity contribution in [2.75, 3.05) is 0 Å². The van der Waals surface area contributed by atoms with Crippen LogP contribution in [0.5, 0.6) is 0 Å². The minimum absolute atomic E-state index is 0. The molecule has 28 heavy (non-hydrogen) atoms. The third-order valence-corrected chi connectivity index (χ3v) is 6.71. The van der Waals surface area contributed by atoms with Crippen molar-refractivity contribution in [3.63, 3.8) is 0 Å². The molecule has 1 unspecified atom stereocenters. The van der Waals surface area contributed by atoms with Crippen molar-refractivity contribution in [2.45, 2.75) is 53.0 Å². The normalized spacial score (nSPS) is 17.9. The van der Waals surface area contributed by atoms with E-state index in [9.17, 15) is 0 Å². The molecule has 1 nitrogen and oxygen atoms in total. The van der Waals surface area contributed by atoms with Gasteiger partial charge in [-0.25, -0.2) is 5.57 Å². The van der Waals surface area contributed by atoms with Gasteiger partial charge in [0.2, 0.25) is 0 Å². The van der Waals surface area contributed by atoms with Gasteiger partial charge in [-0.3, -0.25) is 6.08 Å². The summed E-state index contributed by atoms with van der Waals surface area (Å²) < 4.78 is 0. The van der Waals surface area contributed by atoms with Gasteiger partial charge in [-0.1, -0.05) is 117 Å². The fourth-order valence-corrected chi connectivity index (χ4v) is 4.08. The average Bonchev–Trinajstić information content (AvgIpc) is 2.88. The van der Waals surface area contributed by atoms with Gasteiger partial charge >= 0.3 is 21.7 Å². The smallest absolute Gasteiger partial charge is 0.675 e. The maximum absolute atomic E-state index is 6.91. The van der Waals surface area contributed by atoms with E-state index in [0.29, 0.717) is 12.0 Å². The van der Waals surface area contributed by atoms with E-state index in [2.05, 4.69) is 94.4 Å². The Morgan fingerprint density at radius 1 is 0.857 bits per heavy atom. The minimum Gasteiger partial charge on any atom is -0.675 e. The molecular formula is C25H32NSiTi. The predicted molar refractivity (Wildman–Crippen MR) is 121 cm³/mol. The minimum atomic E-state index is 0. The van der Waals surface area contributed by atoms with Gasteiger partial charge in [0.05, 0.1) is 0 Å². The summed E-state index contributed by atoms with van der Waals surface area (Å²) >= 11 is 0. The molecule has 1 saturated carbocycles. The van der Waals surface area contributed by atoms with Gasteiger partial charge in [-0.05, 0) is 0 Å². The SMILES string of the molecule is CC1=[C-]C(C)C(C)=C1C.[NH-]C1CCC1.[Ti+2].c1ccc([SiH]c2ccccc2)cc1. The number of allylic oxidation sites excluding steroid dienone is 4. The molecule has 1 radical (unpaired) electrons. The molecule has 2 aromatic rings. The monoisotopic (exact) mass is 422 g/mol. The maximum atomic E-state index is 6.91. The Morgan fingerprint density at radius 2 is 1.29 bits per heavy atom. The van der Waals surface area contributed by atoms with E-state index in [1.165, 1.54) is 33.5 Å². The first kappa shape index (κ1) is 24.8. The summed E-state index contributed by atoms with van der Waals surface area (Å²) in [5.74, 6) is 0.560. The van der Waals surface area contributed by atoms with Crippen LogP contribution >= 0.6 is 0 Å². The van der Waals surface area contributed by atoms with Crippen LogP contribution in [0.4, 0.5) is 0 Å². The fraction of sp³-hybridized carbons (Fsp3) is 0.360. The molecule has 2 aromatic carbocycles. The number of hydrogen-bond donors (Lipinski definition) is 0. The molecular weight excluding hydrogens is 390 g/mol. The molecule has 0 bridgehead atoms. The third kappa shape index (κ3) is 8.45. The first-order valence-corrected chi connectivity index (χ1v) is 11.1. The van der Waals surface area contributed by atoms with Crippen molar-refractivity contribution < 1.29 is 21.7 Å². The van der Waals surface area contributed by atoms with Crippen LogP contribution in [0.25, 0.3) is 5.73 Å². The van der Waals surface area contributed by atoms with Gasteiger partial charge in [0, 0.05) is 0 Å². The summed E-state index contributed by atoms with van der Waals surface area (Å²) in [6.07, 6.45) is 6.96. The van der Waals surface area contributed by atoms with Crippen LogP contribution in [0.1, 0.15) is 47.0 Å². The van der Waals surface area contributed by atoms with Crippen LogP contribution in [-0.4, -0.2) is 15.6 Å². The first-order chi connectivity index (χ1) is 13.0. The molecule has 4 rings (SSSR count). The van der Waals surface area contributed by atoms with E-state index >= 15 is 0 Å². The van der Waals surface area contributed by atoms with Gasteiger partial charge in [0.1, 0.15) is 9.52 Å². The number of rotatable bonds is 2. The standard InChI is InChI=1S/C12H11Si.C9H13.C4H8N.Ti/c1-3-7-11(8-4-1)13-12-9-5-2-6-10-12;1-6-5-7(2)9(4)8(6)3;5-4-2-1-3-4;/h1-10,13H;6H,1-4H3;4-5H,1-3H2;/q;2*-1;+2. The van der Waals surface area contributed by atoms with E-state index in [4.69, 9.17) is 5.73 Å². The van der Waals surface area contributed by atoms with Gasteiger partial charge in [-0.2, -0.15) is 11.1 Å². The average molecular weight is 422 g/mol. The summed E-state index contributed by atoms with van der Waals surface area (Å²) in [5, 5.41) is 2.90. The second-order valence-electron chi connectivity index (χ2n) is 7.39. The second kappa shape index (κ2) is 13.1. The molecule has 1 atom stereocenters. The molecule has 0 aromatic heterocycles. The third-order valence-electron chi connectivity index (χ3n) is 5.27. The van der Waals surface area contributed by atoms with Gasteiger partial charge in [0.25, 0.3) is 0 Å². The summed E-state index contributed by atoms with van der Waals surface area (Å²) in [5.41, 5.74) is 11.2. The van der Waals surface area contributed by atoms with E-state index in [1.807, 2.05) is 0 Å². The van der Waals surface area contributed by atoms with Crippen molar-refractivity contribution in [3.05, 3.63) is 89.2 Å². The topological polar surface area (TPSA) is 23.8 Å². The number of nitrogens with one attached hydrogen (secondary N) is 1. The van der Waals surface area contributed by atoms with E-state index in [-0.39, 0.29) is 31.2 Å². The zero-order valence-electron chi connectivity index (χ0n) is 17.6. The zero-order valence-corrected chi connectivity index (χ0v) is 20.3. The molecule has 0 saturated heterocycles. The Balaban J connectivity index is 0.000000227. The summed E-state index contributed by atoms with van der Waals surface area (Å²) in [7, 11) is 0.271. The number of hydrogen-bond acceptors (Lipinski definition) is 0. The Labute approximate surface area is 189 Å². The van der Waals surface area contributed by atoms with Crippen molar-refractivity contribution in [2.24, 2.45) is 5.92 Å². The molecule has 1 fully saturated rings. The fourth-order valence-electron chi connectivity index (χ4n) is 2.86. The predicted octanol–water partition coefficient (Wildman–Crippen LogP) is 5.38. The second-order valence-corrected chi connectivity index (χ2v) is 9.01. The molecule has 0 spiro atoms. The Hall–Kier alpha value is -1.19. The first-order valence-electron chi connectivity index (χ1n) is 9.91. The molecule has 2 aliphatic carbocycles. The molecule has 3 heteroatoms.